The fourth-order valence-electron chi connectivity index (χ4n) is 1.93. The van der Waals surface area contributed by atoms with E-state index in [0.717, 1.165) is 11.1 Å². The number of methoxy groups -OCH3 is 1. The van der Waals surface area contributed by atoms with E-state index in [1.54, 1.807) is 7.11 Å². The molecule has 0 radical (unpaired) electrons. The Labute approximate surface area is 133 Å². The van der Waals surface area contributed by atoms with Gasteiger partial charge < -0.3 is 14.5 Å². The average Bonchev–Trinajstić information content (AvgIpc) is 2.94. The van der Waals surface area contributed by atoms with Crippen molar-refractivity contribution >= 4 is 17.7 Å². The maximum absolute atomic E-state index is 11.8. The van der Waals surface area contributed by atoms with Gasteiger partial charge in [-0.3, -0.25) is 4.79 Å². The quantitative estimate of drug-likeness (QED) is 0.788. The number of amides is 1. The van der Waals surface area contributed by atoms with Gasteiger partial charge in [-0.05, 0) is 25.5 Å². The van der Waals surface area contributed by atoms with E-state index in [2.05, 4.69) is 15.5 Å². The number of nitrogens with zero attached hydrogens (tertiary/aromatic N) is 2. The van der Waals surface area contributed by atoms with E-state index in [0.29, 0.717) is 17.7 Å². The van der Waals surface area contributed by atoms with Crippen molar-refractivity contribution in [2.24, 2.45) is 0 Å². The molecule has 22 heavy (non-hydrogen) atoms. The highest BCUT2D eigenvalue weighted by Crippen LogP contribution is 2.25. The molecule has 0 saturated carbocycles. The fourth-order valence-corrected chi connectivity index (χ4v) is 2.50. The van der Waals surface area contributed by atoms with E-state index >= 15 is 0 Å². The third kappa shape index (κ3) is 4.57. The number of ether oxygens (including phenoxy) is 1. The van der Waals surface area contributed by atoms with Gasteiger partial charge in [-0.2, -0.15) is 0 Å². The van der Waals surface area contributed by atoms with Crippen molar-refractivity contribution in [1.82, 2.24) is 15.5 Å². The normalized spacial score (nSPS) is 12.1. The lowest BCUT2D eigenvalue weighted by Gasteiger charge is -2.11. The van der Waals surface area contributed by atoms with Crippen molar-refractivity contribution in [3.8, 4) is 11.5 Å². The van der Waals surface area contributed by atoms with Crippen LogP contribution in [0, 0.1) is 6.92 Å². The topological polar surface area (TPSA) is 77.2 Å². The summed E-state index contributed by atoms with van der Waals surface area (Å²) in [6, 6.07) is 7.76. The molecule has 7 heteroatoms. The molecule has 118 valence electrons. The molecule has 0 aliphatic heterocycles. The summed E-state index contributed by atoms with van der Waals surface area (Å²) in [6.45, 7) is 4.35. The number of carbonyl (C=O) groups excluding carboxylic acids is 1. The van der Waals surface area contributed by atoms with Gasteiger partial charge in [0.2, 0.25) is 11.8 Å². The van der Waals surface area contributed by atoms with Crippen LogP contribution >= 0.6 is 11.8 Å². The first kappa shape index (κ1) is 16.5. The van der Waals surface area contributed by atoms with E-state index in [1.165, 1.54) is 11.8 Å². The summed E-state index contributed by atoms with van der Waals surface area (Å²) >= 11 is 1.22. The van der Waals surface area contributed by atoms with E-state index in [1.807, 2.05) is 38.1 Å². The number of benzene rings is 1. The van der Waals surface area contributed by atoms with E-state index < -0.39 is 0 Å². The zero-order valence-corrected chi connectivity index (χ0v) is 13.6. The van der Waals surface area contributed by atoms with Crippen molar-refractivity contribution in [2.75, 3.05) is 19.5 Å². The summed E-state index contributed by atoms with van der Waals surface area (Å²) < 4.78 is 10.6. The number of nitrogens with one attached hydrogen (secondary N) is 1. The highest BCUT2D eigenvalue weighted by molar-refractivity contribution is 7.99. The lowest BCUT2D eigenvalue weighted by Crippen LogP contribution is -2.36. The third-order valence-corrected chi connectivity index (χ3v) is 3.75. The van der Waals surface area contributed by atoms with Crippen molar-refractivity contribution in [3.63, 3.8) is 0 Å². The molecule has 0 aliphatic carbocycles. The van der Waals surface area contributed by atoms with Crippen LogP contribution in [0.15, 0.2) is 33.9 Å². The van der Waals surface area contributed by atoms with E-state index in [4.69, 9.17) is 9.15 Å². The smallest absolute Gasteiger partial charge is 0.277 e. The highest BCUT2D eigenvalue weighted by Gasteiger charge is 2.13. The number of hydrogen-bond donors (Lipinski definition) is 1. The molecule has 1 aromatic carbocycles. The van der Waals surface area contributed by atoms with E-state index in [-0.39, 0.29) is 17.7 Å². The highest BCUT2D eigenvalue weighted by atomic mass is 32.2. The first-order valence-corrected chi connectivity index (χ1v) is 7.89. The Hall–Kier alpha value is -1.86. The maximum atomic E-state index is 11.8. The van der Waals surface area contributed by atoms with E-state index in [9.17, 15) is 4.79 Å². The molecule has 0 saturated heterocycles. The Morgan fingerprint density at radius 1 is 1.41 bits per heavy atom. The molecule has 2 rings (SSSR count). The van der Waals surface area contributed by atoms with Crippen molar-refractivity contribution in [2.45, 2.75) is 25.1 Å². The van der Waals surface area contributed by atoms with Gasteiger partial charge in [-0.15, -0.1) is 10.2 Å². The molecular formula is C15H19N3O3S. The zero-order valence-electron chi connectivity index (χ0n) is 12.8. The minimum absolute atomic E-state index is 0.0247. The summed E-state index contributed by atoms with van der Waals surface area (Å²) in [5, 5.41) is 11.2. The summed E-state index contributed by atoms with van der Waals surface area (Å²) in [7, 11) is 1.60. The average molecular weight is 321 g/mol. The van der Waals surface area contributed by atoms with Crippen molar-refractivity contribution < 1.29 is 13.9 Å². The number of hydrogen-bond acceptors (Lipinski definition) is 6. The molecule has 1 aromatic heterocycles. The van der Waals surface area contributed by atoms with Gasteiger partial charge in [0.25, 0.3) is 5.22 Å². The molecule has 1 N–H and O–H groups in total. The number of carbonyl (C=O) groups is 1. The standard InChI is InChI=1S/C15H19N3O3S/c1-10-6-4-5-7-12(10)14-17-18-15(21-14)22-9-13(19)16-11(2)8-20-3/h4-7,11H,8-9H2,1-3H3,(H,16,19)/t11-/m1/s1. The van der Waals surface area contributed by atoms with Gasteiger partial charge in [-0.25, -0.2) is 0 Å². The summed E-state index contributed by atoms with van der Waals surface area (Å²) in [4.78, 5) is 11.8. The lowest BCUT2D eigenvalue weighted by molar-refractivity contribution is -0.119. The Kier molecular flexibility index (Phi) is 5.97. The molecule has 1 atom stereocenters. The molecule has 1 amide bonds. The first-order chi connectivity index (χ1) is 10.6. The van der Waals surface area contributed by atoms with Crippen LogP contribution in [-0.4, -0.2) is 41.6 Å². The van der Waals surface area contributed by atoms with Crippen molar-refractivity contribution in [3.05, 3.63) is 29.8 Å². The molecule has 0 bridgehead atoms. The predicted molar refractivity (Wildman–Crippen MR) is 84.7 cm³/mol. The molecule has 0 unspecified atom stereocenters. The SMILES string of the molecule is COC[C@@H](C)NC(=O)CSc1nnc(-c2ccccc2C)o1. The van der Waals surface area contributed by atoms with Crippen LogP contribution < -0.4 is 5.32 Å². The second-order valence-corrected chi connectivity index (χ2v) is 5.83. The molecule has 0 aliphatic rings. The van der Waals surface area contributed by atoms with Crippen LogP contribution in [0.1, 0.15) is 12.5 Å². The fraction of sp³-hybridized carbons (Fsp3) is 0.400. The Bertz CT molecular complexity index is 630. The van der Waals surface area contributed by atoms with Crippen LogP contribution in [0.5, 0.6) is 0 Å². The summed E-state index contributed by atoms with van der Waals surface area (Å²) in [5.74, 6) is 0.600. The largest absolute Gasteiger partial charge is 0.411 e. The van der Waals surface area contributed by atoms with Gasteiger partial charge in [0.15, 0.2) is 0 Å². The van der Waals surface area contributed by atoms with Gasteiger partial charge >= 0.3 is 0 Å². The number of thioether (sulfide) groups is 1. The van der Waals surface area contributed by atoms with Crippen LogP contribution in [0.2, 0.25) is 0 Å². The molecule has 0 fully saturated rings. The van der Waals surface area contributed by atoms with Gasteiger partial charge in [0.1, 0.15) is 0 Å². The van der Waals surface area contributed by atoms with Crippen molar-refractivity contribution in [1.29, 1.82) is 0 Å². The molecule has 6 nitrogen and oxygen atoms in total. The number of rotatable bonds is 7. The predicted octanol–water partition coefficient (Wildman–Crippen LogP) is 2.29. The van der Waals surface area contributed by atoms with Crippen LogP contribution in [0.4, 0.5) is 0 Å². The van der Waals surface area contributed by atoms with Crippen LogP contribution in [0.25, 0.3) is 11.5 Å². The maximum Gasteiger partial charge on any atom is 0.277 e. The minimum atomic E-state index is -0.0924. The second kappa shape index (κ2) is 7.95. The van der Waals surface area contributed by atoms with Gasteiger partial charge in [0, 0.05) is 18.7 Å². The minimum Gasteiger partial charge on any atom is -0.411 e. The number of aromatic nitrogens is 2. The monoisotopic (exact) mass is 321 g/mol. The summed E-state index contributed by atoms with van der Waals surface area (Å²) in [6.07, 6.45) is 0. The number of aryl methyl sites for hydroxylation is 1. The molecular weight excluding hydrogens is 302 g/mol. The van der Waals surface area contributed by atoms with Crippen LogP contribution in [0.3, 0.4) is 0 Å². The van der Waals surface area contributed by atoms with Gasteiger partial charge in [-0.1, -0.05) is 30.0 Å². The molecule has 2 aromatic rings. The Morgan fingerprint density at radius 2 is 2.18 bits per heavy atom. The van der Waals surface area contributed by atoms with Gasteiger partial charge in [0.05, 0.1) is 12.4 Å². The molecule has 0 spiro atoms. The first-order valence-electron chi connectivity index (χ1n) is 6.90. The molecule has 1 heterocycles. The Morgan fingerprint density at radius 3 is 2.91 bits per heavy atom. The lowest BCUT2D eigenvalue weighted by atomic mass is 10.1. The second-order valence-electron chi connectivity index (χ2n) is 4.90. The zero-order chi connectivity index (χ0) is 15.9. The van der Waals surface area contributed by atoms with Crippen LogP contribution in [-0.2, 0) is 9.53 Å². The summed E-state index contributed by atoms with van der Waals surface area (Å²) in [5.41, 5.74) is 1.97. The Balaban J connectivity index is 1.90. The third-order valence-electron chi connectivity index (χ3n) is 2.93.